The van der Waals surface area contributed by atoms with Crippen molar-refractivity contribution in [3.05, 3.63) is 47.5 Å². The van der Waals surface area contributed by atoms with Gasteiger partial charge in [-0.05, 0) is 30.5 Å². The van der Waals surface area contributed by atoms with Crippen LogP contribution in [0.1, 0.15) is 30.1 Å². The third kappa shape index (κ3) is 3.03. The molecule has 1 aromatic heterocycles. The minimum atomic E-state index is -0.241. The summed E-state index contributed by atoms with van der Waals surface area (Å²) in [5.74, 6) is 7.71. The highest BCUT2D eigenvalue weighted by molar-refractivity contribution is 5.47. The van der Waals surface area contributed by atoms with Crippen LogP contribution in [0.2, 0.25) is 0 Å². The van der Waals surface area contributed by atoms with Crippen LogP contribution >= 0.6 is 0 Å². The summed E-state index contributed by atoms with van der Waals surface area (Å²) < 4.78 is 13.1. The molecule has 0 spiro atoms. The number of aromatic nitrogens is 2. The molecule has 3 rings (SSSR count). The van der Waals surface area contributed by atoms with Gasteiger partial charge in [-0.1, -0.05) is 12.1 Å². The number of nitrogens with two attached hydrogens (primary N) is 1. The molecular weight excluding hydrogens is 257 g/mol. The van der Waals surface area contributed by atoms with Crippen LogP contribution in [0.5, 0.6) is 0 Å². The Balaban J connectivity index is 1.74. The van der Waals surface area contributed by atoms with E-state index in [-0.39, 0.29) is 5.82 Å². The summed E-state index contributed by atoms with van der Waals surface area (Å²) in [6.45, 7) is 0.503. The third-order valence-electron chi connectivity index (χ3n) is 3.20. The fraction of sp³-hybridized carbons (Fsp3) is 0.286. The molecule has 5 nitrogen and oxygen atoms in total. The summed E-state index contributed by atoms with van der Waals surface area (Å²) >= 11 is 0. The van der Waals surface area contributed by atoms with Gasteiger partial charge in [0.2, 0.25) is 0 Å². The normalized spacial score (nSPS) is 14.1. The number of halogens is 1. The minimum absolute atomic E-state index is 0.241. The van der Waals surface area contributed by atoms with Crippen LogP contribution in [0.25, 0.3) is 0 Å². The predicted molar refractivity (Wildman–Crippen MR) is 75.5 cm³/mol. The van der Waals surface area contributed by atoms with Crippen molar-refractivity contribution >= 4 is 11.6 Å². The van der Waals surface area contributed by atoms with Crippen molar-refractivity contribution in [3.8, 4) is 0 Å². The molecule has 1 saturated carbocycles. The number of rotatable bonds is 5. The van der Waals surface area contributed by atoms with Gasteiger partial charge in [-0.25, -0.2) is 20.2 Å². The molecular formula is C14H16FN5. The Hall–Kier alpha value is -2.21. The maximum absolute atomic E-state index is 13.1. The Morgan fingerprint density at radius 1 is 1.20 bits per heavy atom. The van der Waals surface area contributed by atoms with Gasteiger partial charge in [0, 0.05) is 18.5 Å². The molecule has 0 saturated heterocycles. The van der Waals surface area contributed by atoms with E-state index < -0.39 is 0 Å². The van der Waals surface area contributed by atoms with Crippen molar-refractivity contribution in [3.63, 3.8) is 0 Å². The highest BCUT2D eigenvalue weighted by atomic mass is 19.1. The van der Waals surface area contributed by atoms with Crippen LogP contribution in [0.4, 0.5) is 16.0 Å². The Kier molecular flexibility index (Phi) is 3.47. The molecule has 6 heteroatoms. The zero-order valence-corrected chi connectivity index (χ0v) is 10.9. The molecule has 0 atom stereocenters. The lowest BCUT2D eigenvalue weighted by Crippen LogP contribution is -2.12. The molecule has 0 bridgehead atoms. The van der Waals surface area contributed by atoms with Crippen molar-refractivity contribution in [1.82, 2.24) is 9.97 Å². The number of hydrogen-bond donors (Lipinski definition) is 3. The average molecular weight is 273 g/mol. The highest BCUT2D eigenvalue weighted by Gasteiger charge is 2.27. The van der Waals surface area contributed by atoms with Crippen LogP contribution in [-0.4, -0.2) is 9.97 Å². The second-order valence-electron chi connectivity index (χ2n) is 4.90. The number of nitrogens with one attached hydrogen (secondary N) is 2. The van der Waals surface area contributed by atoms with E-state index in [1.165, 1.54) is 12.1 Å². The molecule has 1 fully saturated rings. The van der Waals surface area contributed by atoms with Gasteiger partial charge >= 0.3 is 0 Å². The van der Waals surface area contributed by atoms with Crippen molar-refractivity contribution < 1.29 is 4.39 Å². The van der Waals surface area contributed by atoms with Gasteiger partial charge in [0.1, 0.15) is 23.3 Å². The molecule has 0 unspecified atom stereocenters. The zero-order valence-electron chi connectivity index (χ0n) is 10.9. The number of nitrogens with zero attached hydrogens (tertiary/aromatic N) is 2. The van der Waals surface area contributed by atoms with Crippen LogP contribution in [0.15, 0.2) is 30.3 Å². The molecule has 1 heterocycles. The molecule has 20 heavy (non-hydrogen) atoms. The Labute approximate surface area is 116 Å². The number of hydrazine groups is 1. The summed E-state index contributed by atoms with van der Waals surface area (Å²) in [6.07, 6.45) is 2.24. The van der Waals surface area contributed by atoms with E-state index in [4.69, 9.17) is 5.84 Å². The lowest BCUT2D eigenvalue weighted by Gasteiger charge is -2.09. The molecule has 1 aliphatic carbocycles. The van der Waals surface area contributed by atoms with Crippen LogP contribution in [0, 0.1) is 5.82 Å². The van der Waals surface area contributed by atoms with Gasteiger partial charge in [-0.15, -0.1) is 0 Å². The Bertz CT molecular complexity index is 612. The van der Waals surface area contributed by atoms with Gasteiger partial charge < -0.3 is 10.7 Å². The van der Waals surface area contributed by atoms with Gasteiger partial charge in [0.05, 0.1) is 0 Å². The van der Waals surface area contributed by atoms with Crippen molar-refractivity contribution in [2.24, 2.45) is 5.84 Å². The topological polar surface area (TPSA) is 75.9 Å². The molecule has 4 N–H and O–H groups in total. The number of anilines is 2. The van der Waals surface area contributed by atoms with Gasteiger partial charge in [0.25, 0.3) is 0 Å². The molecule has 2 aromatic rings. The highest BCUT2D eigenvalue weighted by Crippen LogP contribution is 2.38. The molecule has 104 valence electrons. The Morgan fingerprint density at radius 2 is 2.00 bits per heavy atom. The van der Waals surface area contributed by atoms with E-state index in [2.05, 4.69) is 20.7 Å². The average Bonchev–Trinajstić information content (AvgIpc) is 3.29. The van der Waals surface area contributed by atoms with E-state index in [0.717, 1.165) is 24.2 Å². The summed E-state index contributed by atoms with van der Waals surface area (Å²) in [6, 6.07) is 8.22. The molecule has 1 aliphatic rings. The monoisotopic (exact) mass is 273 g/mol. The van der Waals surface area contributed by atoms with Crippen molar-refractivity contribution in [1.29, 1.82) is 0 Å². The van der Waals surface area contributed by atoms with Crippen molar-refractivity contribution in [2.75, 3.05) is 10.7 Å². The predicted octanol–water partition coefficient (Wildman–Crippen LogP) is 2.39. The van der Waals surface area contributed by atoms with Crippen LogP contribution < -0.4 is 16.6 Å². The first-order chi connectivity index (χ1) is 9.74. The van der Waals surface area contributed by atoms with E-state index in [1.807, 2.05) is 6.07 Å². The van der Waals surface area contributed by atoms with E-state index in [0.29, 0.717) is 24.1 Å². The number of nitrogen functional groups attached to an aromatic ring is 1. The molecule has 1 aromatic carbocycles. The summed E-state index contributed by atoms with van der Waals surface area (Å²) in [5.41, 5.74) is 3.41. The maximum atomic E-state index is 13.1. The van der Waals surface area contributed by atoms with E-state index in [9.17, 15) is 4.39 Å². The van der Waals surface area contributed by atoms with Crippen LogP contribution in [0.3, 0.4) is 0 Å². The van der Waals surface area contributed by atoms with Crippen LogP contribution in [-0.2, 0) is 6.54 Å². The molecule has 0 amide bonds. The fourth-order valence-electron chi connectivity index (χ4n) is 1.99. The fourth-order valence-corrected chi connectivity index (χ4v) is 1.99. The first kappa shape index (κ1) is 12.8. The smallest absolute Gasteiger partial charge is 0.145 e. The summed E-state index contributed by atoms with van der Waals surface area (Å²) in [7, 11) is 0. The Morgan fingerprint density at radius 3 is 2.70 bits per heavy atom. The SMILES string of the molecule is NNc1cc(NCc2cccc(F)c2)nc(C2CC2)n1. The zero-order chi connectivity index (χ0) is 13.9. The van der Waals surface area contributed by atoms with Crippen molar-refractivity contribution in [2.45, 2.75) is 25.3 Å². The second kappa shape index (κ2) is 5.42. The van der Waals surface area contributed by atoms with E-state index in [1.54, 1.807) is 12.1 Å². The van der Waals surface area contributed by atoms with Gasteiger partial charge in [-0.2, -0.15) is 0 Å². The number of hydrogen-bond acceptors (Lipinski definition) is 5. The molecule has 0 radical (unpaired) electrons. The lowest BCUT2D eigenvalue weighted by atomic mass is 10.2. The first-order valence-electron chi connectivity index (χ1n) is 6.58. The van der Waals surface area contributed by atoms with E-state index >= 15 is 0 Å². The standard InChI is InChI=1S/C14H16FN5/c15-11-3-1-2-9(6-11)8-17-12-7-13(20-16)19-14(18-12)10-4-5-10/h1-3,6-7,10H,4-5,8,16H2,(H2,17,18,19,20). The van der Waals surface area contributed by atoms with Gasteiger partial charge in [0.15, 0.2) is 0 Å². The number of benzene rings is 1. The lowest BCUT2D eigenvalue weighted by molar-refractivity contribution is 0.626. The minimum Gasteiger partial charge on any atom is -0.366 e. The summed E-state index contributed by atoms with van der Waals surface area (Å²) in [5, 5.41) is 3.17. The van der Waals surface area contributed by atoms with Gasteiger partial charge in [-0.3, -0.25) is 0 Å². The molecule has 0 aliphatic heterocycles. The maximum Gasteiger partial charge on any atom is 0.145 e. The largest absolute Gasteiger partial charge is 0.366 e. The third-order valence-corrected chi connectivity index (χ3v) is 3.20. The second-order valence-corrected chi connectivity index (χ2v) is 4.90. The summed E-state index contributed by atoms with van der Waals surface area (Å²) in [4.78, 5) is 8.81. The quantitative estimate of drug-likeness (QED) is 0.576. The first-order valence-corrected chi connectivity index (χ1v) is 6.58.